The average molecular weight is 250 g/mol. The van der Waals surface area contributed by atoms with Crippen molar-refractivity contribution in [2.24, 2.45) is 11.1 Å². The van der Waals surface area contributed by atoms with Crippen LogP contribution in [0.3, 0.4) is 0 Å². The highest BCUT2D eigenvalue weighted by Gasteiger charge is 2.33. The summed E-state index contributed by atoms with van der Waals surface area (Å²) in [5, 5.41) is 3.09. The molecule has 0 aromatic carbocycles. The number of rotatable bonds is 3. The third kappa shape index (κ3) is 2.75. The molecule has 0 saturated heterocycles. The zero-order valence-corrected chi connectivity index (χ0v) is 11.2. The average Bonchev–Trinajstić information content (AvgIpc) is 2.80. The Kier molecular flexibility index (Phi) is 3.76. The quantitative estimate of drug-likeness (QED) is 0.865. The molecule has 0 radical (unpaired) electrons. The Morgan fingerprint density at radius 3 is 2.89 bits per heavy atom. The SMILES string of the molecule is CC1(C)CCCCC1NC(=O)c1ccc(CN)o1. The van der Waals surface area contributed by atoms with Gasteiger partial charge in [0, 0.05) is 6.04 Å². The fourth-order valence-corrected chi connectivity index (χ4v) is 2.60. The van der Waals surface area contributed by atoms with Gasteiger partial charge < -0.3 is 15.5 Å². The molecule has 1 aromatic rings. The second kappa shape index (κ2) is 5.14. The molecule has 1 aliphatic rings. The molecule has 100 valence electrons. The van der Waals surface area contributed by atoms with Gasteiger partial charge in [-0.25, -0.2) is 0 Å². The number of nitrogens with one attached hydrogen (secondary N) is 1. The topological polar surface area (TPSA) is 68.3 Å². The van der Waals surface area contributed by atoms with Crippen molar-refractivity contribution in [1.82, 2.24) is 5.32 Å². The van der Waals surface area contributed by atoms with E-state index >= 15 is 0 Å². The Labute approximate surface area is 108 Å². The van der Waals surface area contributed by atoms with Gasteiger partial charge in [0.1, 0.15) is 5.76 Å². The Morgan fingerprint density at radius 2 is 2.28 bits per heavy atom. The van der Waals surface area contributed by atoms with E-state index in [1.807, 2.05) is 0 Å². The van der Waals surface area contributed by atoms with Crippen molar-refractivity contribution in [1.29, 1.82) is 0 Å². The van der Waals surface area contributed by atoms with E-state index in [9.17, 15) is 4.79 Å². The first kappa shape index (κ1) is 13.1. The smallest absolute Gasteiger partial charge is 0.287 e. The van der Waals surface area contributed by atoms with Crippen LogP contribution >= 0.6 is 0 Å². The molecular weight excluding hydrogens is 228 g/mol. The van der Waals surface area contributed by atoms with E-state index in [2.05, 4.69) is 19.2 Å². The van der Waals surface area contributed by atoms with E-state index in [-0.39, 0.29) is 17.4 Å². The van der Waals surface area contributed by atoms with E-state index in [1.54, 1.807) is 12.1 Å². The summed E-state index contributed by atoms with van der Waals surface area (Å²) in [5.74, 6) is 0.870. The summed E-state index contributed by atoms with van der Waals surface area (Å²) in [5.41, 5.74) is 5.63. The first-order valence-corrected chi connectivity index (χ1v) is 6.62. The van der Waals surface area contributed by atoms with Crippen molar-refractivity contribution < 1.29 is 9.21 Å². The van der Waals surface area contributed by atoms with E-state index in [0.717, 1.165) is 12.8 Å². The minimum Gasteiger partial charge on any atom is -0.455 e. The Bertz CT molecular complexity index is 423. The highest BCUT2D eigenvalue weighted by Crippen LogP contribution is 2.35. The van der Waals surface area contributed by atoms with Gasteiger partial charge in [-0.15, -0.1) is 0 Å². The summed E-state index contributed by atoms with van der Waals surface area (Å²) >= 11 is 0. The van der Waals surface area contributed by atoms with E-state index < -0.39 is 0 Å². The van der Waals surface area contributed by atoms with Gasteiger partial charge in [0.25, 0.3) is 5.91 Å². The Morgan fingerprint density at radius 1 is 1.50 bits per heavy atom. The van der Waals surface area contributed by atoms with E-state index in [0.29, 0.717) is 18.1 Å². The predicted molar refractivity (Wildman–Crippen MR) is 70.1 cm³/mol. The van der Waals surface area contributed by atoms with Crippen LogP contribution in [0, 0.1) is 5.41 Å². The molecule has 0 spiro atoms. The highest BCUT2D eigenvalue weighted by atomic mass is 16.4. The summed E-state index contributed by atoms with van der Waals surface area (Å²) < 4.78 is 5.37. The van der Waals surface area contributed by atoms with Crippen LogP contribution in [0.1, 0.15) is 55.8 Å². The molecule has 1 fully saturated rings. The van der Waals surface area contributed by atoms with Gasteiger partial charge >= 0.3 is 0 Å². The van der Waals surface area contributed by atoms with Crippen LogP contribution in [0.25, 0.3) is 0 Å². The summed E-state index contributed by atoms with van der Waals surface area (Å²) in [7, 11) is 0. The molecule has 1 unspecified atom stereocenters. The second-order valence-corrected chi connectivity index (χ2v) is 5.73. The van der Waals surface area contributed by atoms with Gasteiger partial charge in [0.05, 0.1) is 6.54 Å². The first-order valence-electron chi connectivity index (χ1n) is 6.62. The largest absolute Gasteiger partial charge is 0.455 e. The number of hydrogen-bond donors (Lipinski definition) is 2. The lowest BCUT2D eigenvalue weighted by atomic mass is 9.73. The highest BCUT2D eigenvalue weighted by molar-refractivity contribution is 5.91. The number of amides is 1. The van der Waals surface area contributed by atoms with Crippen molar-refractivity contribution in [2.45, 2.75) is 52.1 Å². The lowest BCUT2D eigenvalue weighted by Gasteiger charge is -2.38. The molecule has 18 heavy (non-hydrogen) atoms. The number of hydrogen-bond acceptors (Lipinski definition) is 3. The van der Waals surface area contributed by atoms with Crippen molar-refractivity contribution >= 4 is 5.91 Å². The normalized spacial score (nSPS) is 22.7. The summed E-state index contributed by atoms with van der Waals surface area (Å²) in [4.78, 5) is 12.1. The van der Waals surface area contributed by atoms with Crippen molar-refractivity contribution in [3.8, 4) is 0 Å². The van der Waals surface area contributed by atoms with E-state index in [4.69, 9.17) is 10.2 Å². The van der Waals surface area contributed by atoms with Gasteiger partial charge in [-0.2, -0.15) is 0 Å². The van der Waals surface area contributed by atoms with Crippen LogP contribution in [0.15, 0.2) is 16.5 Å². The van der Waals surface area contributed by atoms with Crippen LogP contribution in [0.2, 0.25) is 0 Å². The van der Waals surface area contributed by atoms with Gasteiger partial charge in [0.2, 0.25) is 0 Å². The Balaban J connectivity index is 2.02. The van der Waals surface area contributed by atoms with E-state index in [1.165, 1.54) is 12.8 Å². The fraction of sp³-hybridized carbons (Fsp3) is 0.643. The molecule has 0 bridgehead atoms. The molecule has 1 aromatic heterocycles. The number of carbonyl (C=O) groups excluding carboxylic acids is 1. The molecule has 0 aliphatic heterocycles. The zero-order valence-electron chi connectivity index (χ0n) is 11.2. The van der Waals surface area contributed by atoms with Gasteiger partial charge in [-0.3, -0.25) is 4.79 Å². The lowest BCUT2D eigenvalue weighted by Crippen LogP contribution is -2.46. The zero-order chi connectivity index (χ0) is 13.2. The molecule has 1 saturated carbocycles. The molecule has 1 atom stereocenters. The van der Waals surface area contributed by atoms with Crippen LogP contribution < -0.4 is 11.1 Å². The number of furan rings is 1. The predicted octanol–water partition coefficient (Wildman–Crippen LogP) is 2.44. The third-order valence-corrected chi connectivity index (χ3v) is 3.90. The monoisotopic (exact) mass is 250 g/mol. The van der Waals surface area contributed by atoms with Gasteiger partial charge in [-0.1, -0.05) is 26.7 Å². The molecule has 4 nitrogen and oxygen atoms in total. The molecule has 1 amide bonds. The number of nitrogens with two attached hydrogens (primary N) is 1. The minimum absolute atomic E-state index is 0.130. The first-order chi connectivity index (χ1) is 8.53. The van der Waals surface area contributed by atoms with Gasteiger partial charge in [0.15, 0.2) is 5.76 Å². The summed E-state index contributed by atoms with van der Waals surface area (Å²) in [6.45, 7) is 4.75. The summed E-state index contributed by atoms with van der Waals surface area (Å²) in [6.07, 6.45) is 4.63. The minimum atomic E-state index is -0.130. The molecule has 1 heterocycles. The molecule has 1 aliphatic carbocycles. The van der Waals surface area contributed by atoms with Crippen LogP contribution in [0.5, 0.6) is 0 Å². The van der Waals surface area contributed by atoms with Crippen molar-refractivity contribution in [3.05, 3.63) is 23.7 Å². The van der Waals surface area contributed by atoms with Crippen molar-refractivity contribution in [2.75, 3.05) is 0 Å². The number of carbonyl (C=O) groups is 1. The molecular formula is C14H22N2O2. The van der Waals surface area contributed by atoms with Gasteiger partial charge in [-0.05, 0) is 30.4 Å². The lowest BCUT2D eigenvalue weighted by molar-refractivity contribution is 0.0824. The van der Waals surface area contributed by atoms with Crippen LogP contribution in [-0.4, -0.2) is 11.9 Å². The standard InChI is InChI=1S/C14H22N2O2/c1-14(2)8-4-3-5-12(14)16-13(17)11-7-6-10(9-15)18-11/h6-7,12H,3-5,8-9,15H2,1-2H3,(H,16,17). The van der Waals surface area contributed by atoms with Crippen molar-refractivity contribution in [3.63, 3.8) is 0 Å². The Hall–Kier alpha value is -1.29. The third-order valence-electron chi connectivity index (χ3n) is 3.90. The molecule has 2 rings (SSSR count). The fourth-order valence-electron chi connectivity index (χ4n) is 2.60. The summed E-state index contributed by atoms with van der Waals surface area (Å²) in [6, 6.07) is 3.67. The maximum Gasteiger partial charge on any atom is 0.287 e. The van der Waals surface area contributed by atoms with Crippen LogP contribution in [0.4, 0.5) is 0 Å². The maximum absolute atomic E-state index is 12.1. The second-order valence-electron chi connectivity index (χ2n) is 5.73. The molecule has 3 N–H and O–H groups in total. The van der Waals surface area contributed by atoms with Crippen LogP contribution in [-0.2, 0) is 6.54 Å². The molecule has 4 heteroatoms. The maximum atomic E-state index is 12.1.